The normalized spacial score (nSPS) is 19.7. The quantitative estimate of drug-likeness (QED) is 0.740. The number of nitrogens with zero attached hydrogens (tertiary/aromatic N) is 4. The molecule has 0 aromatic carbocycles. The number of amides is 1. The summed E-state index contributed by atoms with van der Waals surface area (Å²) in [6.45, 7) is 1.59. The molecule has 0 N–H and O–H groups in total. The van der Waals surface area contributed by atoms with Gasteiger partial charge in [0, 0.05) is 32.5 Å². The van der Waals surface area contributed by atoms with Gasteiger partial charge in [-0.15, -0.1) is 0 Å². The van der Waals surface area contributed by atoms with Crippen molar-refractivity contribution in [1.29, 1.82) is 0 Å². The molecule has 2 heterocycles. The lowest BCUT2D eigenvalue weighted by atomic mass is 9.97. The number of aromatic nitrogens is 2. The zero-order valence-corrected chi connectivity index (χ0v) is 10.7. The van der Waals surface area contributed by atoms with E-state index in [1.54, 1.807) is 25.6 Å². The Bertz CT molecular complexity index is 398. The van der Waals surface area contributed by atoms with Crippen LogP contribution in [-0.4, -0.2) is 48.2 Å². The summed E-state index contributed by atoms with van der Waals surface area (Å²) >= 11 is 0. The van der Waals surface area contributed by atoms with Crippen molar-refractivity contribution in [3.8, 4) is 0 Å². The van der Waals surface area contributed by atoms with E-state index in [2.05, 4.69) is 14.9 Å². The van der Waals surface area contributed by atoms with Crippen molar-refractivity contribution < 1.29 is 9.63 Å². The Morgan fingerprint density at radius 2 is 2.39 bits per heavy atom. The Morgan fingerprint density at radius 3 is 3.06 bits per heavy atom. The van der Waals surface area contributed by atoms with Gasteiger partial charge in [0.1, 0.15) is 5.82 Å². The molecule has 2 rings (SSSR count). The molecule has 6 heteroatoms. The fourth-order valence-electron chi connectivity index (χ4n) is 2.19. The van der Waals surface area contributed by atoms with E-state index in [4.69, 9.17) is 4.84 Å². The van der Waals surface area contributed by atoms with Crippen LogP contribution in [0, 0.1) is 5.92 Å². The smallest absolute Gasteiger partial charge is 0.250 e. The van der Waals surface area contributed by atoms with E-state index in [1.165, 1.54) is 12.2 Å². The Kier molecular flexibility index (Phi) is 4.09. The first kappa shape index (κ1) is 12.8. The molecule has 1 aliphatic heterocycles. The van der Waals surface area contributed by atoms with Crippen LogP contribution in [0.3, 0.4) is 0 Å². The average Bonchev–Trinajstić information content (AvgIpc) is 2.46. The number of hydrogen-bond acceptors (Lipinski definition) is 5. The van der Waals surface area contributed by atoms with Crippen molar-refractivity contribution in [2.75, 3.05) is 32.1 Å². The Balaban J connectivity index is 2.03. The molecule has 1 fully saturated rings. The van der Waals surface area contributed by atoms with Crippen LogP contribution in [0.5, 0.6) is 0 Å². The van der Waals surface area contributed by atoms with Gasteiger partial charge in [0.2, 0.25) is 0 Å². The Labute approximate surface area is 107 Å². The second-order valence-electron chi connectivity index (χ2n) is 4.37. The number of rotatable bonds is 3. The van der Waals surface area contributed by atoms with Crippen LogP contribution >= 0.6 is 0 Å². The summed E-state index contributed by atoms with van der Waals surface area (Å²) in [5.41, 5.74) is 0. The SMILES string of the molecule is CON(C)C(=O)C1CCCN(c2cnccn2)C1. The first-order valence-corrected chi connectivity index (χ1v) is 6.05. The topological polar surface area (TPSA) is 58.6 Å². The maximum Gasteiger partial charge on any atom is 0.250 e. The van der Waals surface area contributed by atoms with E-state index in [0.717, 1.165) is 25.2 Å². The number of carbonyl (C=O) groups excluding carboxylic acids is 1. The van der Waals surface area contributed by atoms with Crippen LogP contribution in [-0.2, 0) is 9.63 Å². The van der Waals surface area contributed by atoms with Crippen molar-refractivity contribution in [2.24, 2.45) is 5.92 Å². The third kappa shape index (κ3) is 2.76. The van der Waals surface area contributed by atoms with Crippen LogP contribution in [0.15, 0.2) is 18.6 Å². The van der Waals surface area contributed by atoms with Gasteiger partial charge >= 0.3 is 0 Å². The lowest BCUT2D eigenvalue weighted by Crippen LogP contribution is -2.43. The standard InChI is InChI=1S/C12H18N4O2/c1-15(18-2)12(17)10-4-3-7-16(9-10)11-8-13-5-6-14-11/h5-6,8,10H,3-4,7,9H2,1-2H3. The lowest BCUT2D eigenvalue weighted by Gasteiger charge is -2.33. The molecule has 0 radical (unpaired) electrons. The van der Waals surface area contributed by atoms with Gasteiger partial charge < -0.3 is 4.90 Å². The van der Waals surface area contributed by atoms with Crippen molar-refractivity contribution in [3.05, 3.63) is 18.6 Å². The predicted octanol–water partition coefficient (Wildman–Crippen LogP) is 0.713. The van der Waals surface area contributed by atoms with E-state index in [9.17, 15) is 4.79 Å². The molecule has 1 atom stereocenters. The molecule has 0 bridgehead atoms. The van der Waals surface area contributed by atoms with Gasteiger partial charge in [0.15, 0.2) is 0 Å². The molecule has 6 nitrogen and oxygen atoms in total. The molecule has 1 saturated heterocycles. The minimum atomic E-state index is -0.0364. The molecule has 98 valence electrons. The molecule has 1 amide bonds. The van der Waals surface area contributed by atoms with Gasteiger partial charge in [-0.25, -0.2) is 10.0 Å². The summed E-state index contributed by atoms with van der Waals surface area (Å²) in [7, 11) is 3.14. The Morgan fingerprint density at radius 1 is 1.56 bits per heavy atom. The Hall–Kier alpha value is -1.69. The van der Waals surface area contributed by atoms with Gasteiger partial charge in [-0.3, -0.25) is 14.6 Å². The fourth-order valence-corrected chi connectivity index (χ4v) is 2.19. The summed E-state index contributed by atoms with van der Waals surface area (Å²) < 4.78 is 0. The molecule has 0 aliphatic carbocycles. The minimum Gasteiger partial charge on any atom is -0.355 e. The summed E-state index contributed by atoms with van der Waals surface area (Å²) in [6, 6.07) is 0. The van der Waals surface area contributed by atoms with Crippen LogP contribution in [0.2, 0.25) is 0 Å². The highest BCUT2D eigenvalue weighted by Crippen LogP contribution is 2.22. The van der Waals surface area contributed by atoms with Crippen molar-refractivity contribution in [3.63, 3.8) is 0 Å². The lowest BCUT2D eigenvalue weighted by molar-refractivity contribution is -0.173. The minimum absolute atomic E-state index is 0.0195. The van der Waals surface area contributed by atoms with Crippen molar-refractivity contribution in [1.82, 2.24) is 15.0 Å². The van der Waals surface area contributed by atoms with Gasteiger partial charge in [0.05, 0.1) is 19.2 Å². The monoisotopic (exact) mass is 250 g/mol. The first-order chi connectivity index (χ1) is 8.72. The first-order valence-electron chi connectivity index (χ1n) is 6.05. The summed E-state index contributed by atoms with van der Waals surface area (Å²) in [6.07, 6.45) is 6.91. The second-order valence-corrected chi connectivity index (χ2v) is 4.37. The molecule has 1 aliphatic rings. The van der Waals surface area contributed by atoms with E-state index in [-0.39, 0.29) is 11.8 Å². The maximum absolute atomic E-state index is 12.0. The van der Waals surface area contributed by atoms with Crippen LogP contribution in [0.25, 0.3) is 0 Å². The van der Waals surface area contributed by atoms with Crippen LogP contribution in [0.1, 0.15) is 12.8 Å². The van der Waals surface area contributed by atoms with Gasteiger partial charge in [-0.05, 0) is 12.8 Å². The highest BCUT2D eigenvalue weighted by molar-refractivity contribution is 5.78. The zero-order valence-electron chi connectivity index (χ0n) is 10.7. The van der Waals surface area contributed by atoms with Crippen LogP contribution in [0.4, 0.5) is 5.82 Å². The van der Waals surface area contributed by atoms with Crippen molar-refractivity contribution in [2.45, 2.75) is 12.8 Å². The van der Waals surface area contributed by atoms with E-state index < -0.39 is 0 Å². The van der Waals surface area contributed by atoms with E-state index in [0.29, 0.717) is 6.54 Å². The highest BCUT2D eigenvalue weighted by Gasteiger charge is 2.28. The van der Waals surface area contributed by atoms with Gasteiger partial charge in [-0.1, -0.05) is 0 Å². The molecule has 0 saturated carbocycles. The zero-order chi connectivity index (χ0) is 13.0. The average molecular weight is 250 g/mol. The third-order valence-corrected chi connectivity index (χ3v) is 3.23. The van der Waals surface area contributed by atoms with Gasteiger partial charge in [-0.2, -0.15) is 0 Å². The van der Waals surface area contributed by atoms with E-state index in [1.807, 2.05) is 0 Å². The van der Waals surface area contributed by atoms with Gasteiger partial charge in [0.25, 0.3) is 5.91 Å². The summed E-state index contributed by atoms with van der Waals surface area (Å²) in [5.74, 6) is 0.812. The summed E-state index contributed by atoms with van der Waals surface area (Å²) in [5, 5.41) is 1.30. The van der Waals surface area contributed by atoms with Crippen molar-refractivity contribution >= 4 is 11.7 Å². The second kappa shape index (κ2) is 5.77. The summed E-state index contributed by atoms with van der Waals surface area (Å²) in [4.78, 5) is 27.4. The van der Waals surface area contributed by atoms with Crippen LogP contribution < -0.4 is 4.90 Å². The molecular formula is C12H18N4O2. The van der Waals surface area contributed by atoms with E-state index >= 15 is 0 Å². The molecule has 18 heavy (non-hydrogen) atoms. The molecular weight excluding hydrogens is 232 g/mol. The number of anilines is 1. The number of piperidine rings is 1. The molecule has 1 aromatic heterocycles. The fraction of sp³-hybridized carbons (Fsp3) is 0.583. The largest absolute Gasteiger partial charge is 0.355 e. The maximum atomic E-state index is 12.0. The molecule has 1 aromatic rings. The molecule has 0 spiro atoms. The number of hydroxylamine groups is 2. The highest BCUT2D eigenvalue weighted by atomic mass is 16.7. The number of hydrogen-bond donors (Lipinski definition) is 0. The molecule has 1 unspecified atom stereocenters. The third-order valence-electron chi connectivity index (χ3n) is 3.23. The number of carbonyl (C=O) groups is 1. The predicted molar refractivity (Wildman–Crippen MR) is 66.7 cm³/mol.